The highest BCUT2D eigenvalue weighted by Crippen LogP contribution is 2.37. The first-order chi connectivity index (χ1) is 7.70. The minimum absolute atomic E-state index is 0.0176. The normalized spacial score (nSPS) is 22.2. The third-order valence-electron chi connectivity index (χ3n) is 2.26. The van der Waals surface area contributed by atoms with E-state index in [4.69, 9.17) is 15.1 Å². The van der Waals surface area contributed by atoms with Gasteiger partial charge in [-0.2, -0.15) is 15.2 Å². The highest BCUT2D eigenvalue weighted by Gasteiger charge is 2.38. The molecule has 1 saturated carbocycles. The van der Waals surface area contributed by atoms with Gasteiger partial charge in [-0.25, -0.2) is 9.78 Å². The topological polar surface area (TPSA) is 109 Å². The van der Waals surface area contributed by atoms with E-state index in [0.717, 1.165) is 12.7 Å². The van der Waals surface area contributed by atoms with Gasteiger partial charge in [0.05, 0.1) is 18.6 Å². The number of nitriles is 1. The number of carboxylic acid groups (broad SMARTS) is 1. The Kier molecular flexibility index (Phi) is 2.64. The van der Waals surface area contributed by atoms with Gasteiger partial charge in [-0.05, 0) is 6.42 Å². The van der Waals surface area contributed by atoms with Crippen LogP contribution in [0.5, 0.6) is 6.01 Å². The highest BCUT2D eigenvalue weighted by atomic mass is 16.5. The summed E-state index contributed by atoms with van der Waals surface area (Å²) < 4.78 is 5.18. The third-order valence-corrected chi connectivity index (χ3v) is 2.26. The van der Waals surface area contributed by atoms with E-state index in [1.807, 2.05) is 0 Å². The second-order valence-corrected chi connectivity index (χ2v) is 3.44. The predicted molar refractivity (Wildman–Crippen MR) is 49.5 cm³/mol. The summed E-state index contributed by atoms with van der Waals surface area (Å²) in [5, 5.41) is 17.2. The Bertz CT molecular complexity index is 456. The first-order valence-corrected chi connectivity index (χ1v) is 4.65. The smallest absolute Gasteiger partial charge is 0.374 e. The van der Waals surface area contributed by atoms with Gasteiger partial charge in [0.1, 0.15) is 6.33 Å². The van der Waals surface area contributed by atoms with Crippen molar-refractivity contribution in [3.8, 4) is 12.1 Å². The van der Waals surface area contributed by atoms with Gasteiger partial charge in [-0.15, -0.1) is 0 Å². The maximum atomic E-state index is 10.6. The van der Waals surface area contributed by atoms with Crippen molar-refractivity contribution in [3.63, 3.8) is 0 Å². The second-order valence-electron chi connectivity index (χ2n) is 3.44. The molecule has 1 aromatic heterocycles. The molecule has 1 aliphatic rings. The molecule has 1 aliphatic carbocycles. The Labute approximate surface area is 90.7 Å². The van der Waals surface area contributed by atoms with E-state index in [1.165, 1.54) is 0 Å². The number of aromatic carboxylic acids is 1. The Morgan fingerprint density at radius 3 is 3.12 bits per heavy atom. The van der Waals surface area contributed by atoms with Crippen molar-refractivity contribution in [2.75, 3.05) is 6.61 Å². The molecule has 7 heteroatoms. The molecule has 0 spiro atoms. The van der Waals surface area contributed by atoms with Gasteiger partial charge in [0.15, 0.2) is 0 Å². The van der Waals surface area contributed by atoms with E-state index in [9.17, 15) is 4.79 Å². The van der Waals surface area contributed by atoms with E-state index in [-0.39, 0.29) is 23.7 Å². The van der Waals surface area contributed by atoms with E-state index in [2.05, 4.69) is 21.0 Å². The van der Waals surface area contributed by atoms with Crippen LogP contribution >= 0.6 is 0 Å². The van der Waals surface area contributed by atoms with Crippen molar-refractivity contribution in [2.45, 2.75) is 6.42 Å². The summed E-state index contributed by atoms with van der Waals surface area (Å²) >= 11 is 0. The molecule has 0 aromatic carbocycles. The van der Waals surface area contributed by atoms with Crippen LogP contribution in [-0.2, 0) is 0 Å². The number of aromatic nitrogens is 3. The van der Waals surface area contributed by atoms with Crippen LogP contribution in [0.25, 0.3) is 0 Å². The van der Waals surface area contributed by atoms with Gasteiger partial charge < -0.3 is 9.84 Å². The molecule has 0 saturated heterocycles. The summed E-state index contributed by atoms with van der Waals surface area (Å²) in [5.74, 6) is -1.33. The fourth-order valence-electron chi connectivity index (χ4n) is 1.23. The van der Waals surface area contributed by atoms with Gasteiger partial charge >= 0.3 is 12.0 Å². The molecule has 0 bridgehead atoms. The summed E-state index contributed by atoms with van der Waals surface area (Å²) in [4.78, 5) is 21.3. The van der Waals surface area contributed by atoms with Crippen LogP contribution in [0.4, 0.5) is 0 Å². The number of nitrogens with zero attached hydrogens (tertiary/aromatic N) is 4. The zero-order valence-corrected chi connectivity index (χ0v) is 8.20. The standard InChI is InChI=1S/C9H8N4O3/c10-2-5-1-6(5)3-16-9-12-4-11-7(13-9)8(14)15/h4-6H,1,3H2,(H,14,15)/t5-,6+/m0/s1. The van der Waals surface area contributed by atoms with E-state index >= 15 is 0 Å². The average Bonchev–Trinajstić information content (AvgIpc) is 3.05. The van der Waals surface area contributed by atoms with Crippen molar-refractivity contribution in [1.29, 1.82) is 5.26 Å². The van der Waals surface area contributed by atoms with Crippen molar-refractivity contribution >= 4 is 5.97 Å². The summed E-state index contributed by atoms with van der Waals surface area (Å²) in [6, 6.07) is 2.11. The predicted octanol–water partition coefficient (Wildman–Crippen LogP) is 0.108. The molecule has 2 rings (SSSR count). The van der Waals surface area contributed by atoms with Gasteiger partial charge in [0.25, 0.3) is 0 Å². The number of hydrogen-bond donors (Lipinski definition) is 1. The molecular weight excluding hydrogens is 212 g/mol. The van der Waals surface area contributed by atoms with Crippen LogP contribution in [0, 0.1) is 23.2 Å². The minimum atomic E-state index is -1.23. The van der Waals surface area contributed by atoms with E-state index in [1.54, 1.807) is 0 Å². The fraction of sp³-hybridized carbons (Fsp3) is 0.444. The maximum Gasteiger partial charge on any atom is 0.374 e. The quantitative estimate of drug-likeness (QED) is 0.766. The second kappa shape index (κ2) is 4.10. The largest absolute Gasteiger partial charge is 0.475 e. The molecule has 0 radical (unpaired) electrons. The fourth-order valence-corrected chi connectivity index (χ4v) is 1.23. The Morgan fingerprint density at radius 2 is 2.50 bits per heavy atom. The molecule has 1 fully saturated rings. The molecule has 0 aliphatic heterocycles. The molecule has 2 atom stereocenters. The highest BCUT2D eigenvalue weighted by molar-refractivity contribution is 5.82. The summed E-state index contributed by atoms with van der Waals surface area (Å²) in [6.45, 7) is 0.335. The number of carbonyl (C=O) groups is 1. The Hall–Kier alpha value is -2.23. The molecule has 0 amide bonds. The SMILES string of the molecule is N#C[C@@H]1C[C@@H]1COc1ncnc(C(=O)O)n1. The lowest BCUT2D eigenvalue weighted by atomic mass is 10.3. The number of carboxylic acids is 1. The monoisotopic (exact) mass is 220 g/mol. The van der Waals surface area contributed by atoms with Crippen LogP contribution in [0.2, 0.25) is 0 Å². The minimum Gasteiger partial charge on any atom is -0.475 e. The lowest BCUT2D eigenvalue weighted by molar-refractivity contribution is 0.0681. The van der Waals surface area contributed by atoms with E-state index in [0.29, 0.717) is 6.61 Å². The van der Waals surface area contributed by atoms with Crippen LogP contribution in [0.3, 0.4) is 0 Å². The molecule has 1 aromatic rings. The van der Waals surface area contributed by atoms with Gasteiger partial charge in [-0.3, -0.25) is 0 Å². The molecular formula is C9H8N4O3. The zero-order valence-electron chi connectivity index (χ0n) is 8.20. The first-order valence-electron chi connectivity index (χ1n) is 4.65. The first kappa shape index (κ1) is 10.3. The lowest BCUT2D eigenvalue weighted by Gasteiger charge is -2.02. The molecule has 1 N–H and O–H groups in total. The average molecular weight is 220 g/mol. The van der Waals surface area contributed by atoms with E-state index < -0.39 is 5.97 Å². The van der Waals surface area contributed by atoms with Crippen molar-refractivity contribution < 1.29 is 14.6 Å². The maximum absolute atomic E-state index is 10.6. The van der Waals surface area contributed by atoms with Gasteiger partial charge in [-0.1, -0.05) is 0 Å². The zero-order chi connectivity index (χ0) is 11.5. The Morgan fingerprint density at radius 1 is 1.69 bits per heavy atom. The van der Waals surface area contributed by atoms with Gasteiger partial charge in [0, 0.05) is 5.92 Å². The van der Waals surface area contributed by atoms with Crippen LogP contribution in [0.15, 0.2) is 6.33 Å². The van der Waals surface area contributed by atoms with Crippen molar-refractivity contribution in [2.24, 2.45) is 11.8 Å². The number of rotatable bonds is 4. The van der Waals surface area contributed by atoms with Crippen molar-refractivity contribution in [1.82, 2.24) is 15.0 Å². The Balaban J connectivity index is 1.92. The molecule has 1 heterocycles. The molecule has 82 valence electrons. The van der Waals surface area contributed by atoms with Crippen LogP contribution in [-0.4, -0.2) is 32.6 Å². The summed E-state index contributed by atoms with van der Waals surface area (Å²) in [5.41, 5.74) is 0. The lowest BCUT2D eigenvalue weighted by Crippen LogP contribution is -2.09. The molecule has 16 heavy (non-hydrogen) atoms. The molecule has 7 nitrogen and oxygen atoms in total. The van der Waals surface area contributed by atoms with Gasteiger partial charge in [0.2, 0.25) is 5.82 Å². The number of hydrogen-bond acceptors (Lipinski definition) is 6. The summed E-state index contributed by atoms with van der Waals surface area (Å²) in [7, 11) is 0. The molecule has 0 unspecified atom stereocenters. The van der Waals surface area contributed by atoms with Crippen LogP contribution in [0.1, 0.15) is 17.0 Å². The third kappa shape index (κ3) is 2.23. The number of ether oxygens (including phenoxy) is 1. The van der Waals surface area contributed by atoms with Crippen LogP contribution < -0.4 is 4.74 Å². The summed E-state index contributed by atoms with van der Waals surface area (Å²) in [6.07, 6.45) is 1.90. The van der Waals surface area contributed by atoms with Crippen molar-refractivity contribution in [3.05, 3.63) is 12.2 Å².